The van der Waals surface area contributed by atoms with Gasteiger partial charge in [0.25, 0.3) is 5.91 Å². The molecule has 0 spiro atoms. The summed E-state index contributed by atoms with van der Waals surface area (Å²) < 4.78 is 1.80. The van der Waals surface area contributed by atoms with Crippen LogP contribution in [0.2, 0.25) is 5.02 Å². The number of hydrogen-bond donors (Lipinski definition) is 2. The van der Waals surface area contributed by atoms with Crippen LogP contribution in [0.1, 0.15) is 37.6 Å². The Morgan fingerprint density at radius 2 is 2.03 bits per heavy atom. The van der Waals surface area contributed by atoms with Crippen LogP contribution in [-0.4, -0.2) is 44.0 Å². The highest BCUT2D eigenvalue weighted by molar-refractivity contribution is 7.99. The lowest BCUT2D eigenvalue weighted by Crippen LogP contribution is -2.27. The summed E-state index contributed by atoms with van der Waals surface area (Å²) in [6, 6.07) is 6.99. The number of fused-ring (bicyclic) bond motifs is 1. The summed E-state index contributed by atoms with van der Waals surface area (Å²) in [4.78, 5) is 21.7. The number of aromatic nitrogens is 4. The third-order valence-corrected chi connectivity index (χ3v) is 5.28. The van der Waals surface area contributed by atoms with E-state index in [1.165, 1.54) is 0 Å². The standard InChI is InChI=1S/C20H25ClN6OS/c1-4-9-22-17-15-12-24-27(18(15)26-20(25-17)29-13(2)3)11-10-23-19(28)14-7-5-6-8-16(14)21/h5-8,12-13H,4,9-11H2,1-3H3,(H,23,28)(H,22,25,26). The topological polar surface area (TPSA) is 84.7 Å². The summed E-state index contributed by atoms with van der Waals surface area (Å²) in [7, 11) is 0. The van der Waals surface area contributed by atoms with Gasteiger partial charge in [0, 0.05) is 18.3 Å². The Labute approximate surface area is 179 Å². The molecule has 2 heterocycles. The predicted octanol–water partition coefficient (Wildman–Crippen LogP) is 4.23. The number of benzene rings is 1. The molecule has 154 valence electrons. The number of halogens is 1. The number of carbonyl (C=O) groups excluding carboxylic acids is 1. The third kappa shape index (κ3) is 5.39. The maximum Gasteiger partial charge on any atom is 0.252 e. The fourth-order valence-electron chi connectivity index (χ4n) is 2.76. The fraction of sp³-hybridized carbons (Fsp3) is 0.400. The van der Waals surface area contributed by atoms with Gasteiger partial charge in [-0.25, -0.2) is 14.6 Å². The first-order chi connectivity index (χ1) is 14.0. The molecule has 0 aliphatic carbocycles. The SMILES string of the molecule is CCCNc1nc(SC(C)C)nc2c1cnn2CCNC(=O)c1ccccc1Cl. The van der Waals surface area contributed by atoms with E-state index in [9.17, 15) is 4.79 Å². The lowest BCUT2D eigenvalue weighted by Gasteiger charge is -2.10. The normalized spacial score (nSPS) is 11.2. The molecule has 0 radical (unpaired) electrons. The second-order valence-corrected chi connectivity index (χ2v) is 8.74. The van der Waals surface area contributed by atoms with E-state index in [-0.39, 0.29) is 5.91 Å². The lowest BCUT2D eigenvalue weighted by molar-refractivity contribution is 0.0952. The molecule has 0 fully saturated rings. The van der Waals surface area contributed by atoms with Crippen molar-refractivity contribution in [3.05, 3.63) is 41.0 Å². The van der Waals surface area contributed by atoms with Crippen molar-refractivity contribution in [2.45, 2.75) is 44.1 Å². The zero-order valence-corrected chi connectivity index (χ0v) is 18.3. The van der Waals surface area contributed by atoms with E-state index in [0.29, 0.717) is 34.1 Å². The zero-order valence-electron chi connectivity index (χ0n) is 16.8. The van der Waals surface area contributed by atoms with Crippen LogP contribution < -0.4 is 10.6 Å². The third-order valence-electron chi connectivity index (χ3n) is 4.09. The molecule has 2 aromatic heterocycles. The summed E-state index contributed by atoms with van der Waals surface area (Å²) in [5.74, 6) is 0.592. The Morgan fingerprint density at radius 3 is 2.76 bits per heavy atom. The molecule has 1 aromatic carbocycles. The van der Waals surface area contributed by atoms with Crippen molar-refractivity contribution < 1.29 is 4.79 Å². The minimum absolute atomic E-state index is 0.206. The smallest absolute Gasteiger partial charge is 0.252 e. The van der Waals surface area contributed by atoms with Gasteiger partial charge in [0.1, 0.15) is 5.82 Å². The van der Waals surface area contributed by atoms with E-state index < -0.39 is 0 Å². The molecule has 7 nitrogen and oxygen atoms in total. The highest BCUT2D eigenvalue weighted by Crippen LogP contribution is 2.26. The minimum atomic E-state index is -0.206. The molecule has 0 aliphatic heterocycles. The second-order valence-electron chi connectivity index (χ2n) is 6.79. The first-order valence-corrected chi connectivity index (χ1v) is 10.9. The number of amides is 1. The summed E-state index contributed by atoms with van der Waals surface area (Å²) in [5, 5.41) is 13.1. The minimum Gasteiger partial charge on any atom is -0.369 e. The molecule has 0 saturated heterocycles. The average molecular weight is 433 g/mol. The predicted molar refractivity (Wildman–Crippen MR) is 119 cm³/mol. The van der Waals surface area contributed by atoms with Gasteiger partial charge in [0.05, 0.1) is 28.7 Å². The number of rotatable bonds is 9. The molecular formula is C20H25ClN6OS. The highest BCUT2D eigenvalue weighted by Gasteiger charge is 2.15. The Kier molecular flexibility index (Phi) is 7.33. The number of carbonyl (C=O) groups is 1. The summed E-state index contributed by atoms with van der Waals surface area (Å²) >= 11 is 7.70. The van der Waals surface area contributed by atoms with Crippen LogP contribution in [0.25, 0.3) is 11.0 Å². The first kappa shape index (κ1) is 21.4. The van der Waals surface area contributed by atoms with E-state index in [0.717, 1.165) is 29.8 Å². The highest BCUT2D eigenvalue weighted by atomic mass is 35.5. The van der Waals surface area contributed by atoms with Crippen molar-refractivity contribution >= 4 is 46.1 Å². The Bertz CT molecular complexity index is 990. The zero-order chi connectivity index (χ0) is 20.8. The number of nitrogens with zero attached hydrogens (tertiary/aromatic N) is 4. The first-order valence-electron chi connectivity index (χ1n) is 9.66. The lowest BCUT2D eigenvalue weighted by atomic mass is 10.2. The summed E-state index contributed by atoms with van der Waals surface area (Å²) in [5.41, 5.74) is 1.22. The number of anilines is 1. The van der Waals surface area contributed by atoms with E-state index in [2.05, 4.69) is 41.5 Å². The molecule has 29 heavy (non-hydrogen) atoms. The van der Waals surface area contributed by atoms with Gasteiger partial charge in [-0.2, -0.15) is 5.10 Å². The largest absolute Gasteiger partial charge is 0.369 e. The van der Waals surface area contributed by atoms with Crippen LogP contribution in [0, 0.1) is 0 Å². The summed E-state index contributed by atoms with van der Waals surface area (Å²) in [6.07, 6.45) is 2.77. The van der Waals surface area contributed by atoms with Crippen molar-refractivity contribution in [1.29, 1.82) is 0 Å². The van der Waals surface area contributed by atoms with E-state index in [1.54, 1.807) is 46.9 Å². The van der Waals surface area contributed by atoms with Crippen LogP contribution >= 0.6 is 23.4 Å². The van der Waals surface area contributed by atoms with E-state index in [1.807, 2.05) is 0 Å². The molecule has 0 atom stereocenters. The Morgan fingerprint density at radius 1 is 1.24 bits per heavy atom. The number of nitrogens with one attached hydrogen (secondary N) is 2. The van der Waals surface area contributed by atoms with Gasteiger partial charge in [-0.3, -0.25) is 4.79 Å². The molecule has 1 amide bonds. The van der Waals surface area contributed by atoms with Crippen LogP contribution in [0.4, 0.5) is 5.82 Å². The van der Waals surface area contributed by atoms with Crippen molar-refractivity contribution in [3.8, 4) is 0 Å². The van der Waals surface area contributed by atoms with Gasteiger partial charge < -0.3 is 10.6 Å². The molecule has 3 aromatic rings. The summed E-state index contributed by atoms with van der Waals surface area (Å²) in [6.45, 7) is 8.07. The van der Waals surface area contributed by atoms with Crippen LogP contribution in [0.5, 0.6) is 0 Å². The van der Waals surface area contributed by atoms with Gasteiger partial charge in [0.2, 0.25) is 0 Å². The Balaban J connectivity index is 1.76. The van der Waals surface area contributed by atoms with Gasteiger partial charge in [-0.05, 0) is 18.6 Å². The van der Waals surface area contributed by atoms with Crippen LogP contribution in [-0.2, 0) is 6.54 Å². The maximum atomic E-state index is 12.3. The van der Waals surface area contributed by atoms with Gasteiger partial charge in [-0.1, -0.05) is 56.3 Å². The average Bonchev–Trinajstić information content (AvgIpc) is 3.09. The fourth-order valence-corrected chi connectivity index (χ4v) is 3.68. The molecule has 0 aliphatic rings. The van der Waals surface area contributed by atoms with Crippen LogP contribution in [0.3, 0.4) is 0 Å². The van der Waals surface area contributed by atoms with Crippen molar-refractivity contribution in [2.24, 2.45) is 0 Å². The van der Waals surface area contributed by atoms with Gasteiger partial charge >= 0.3 is 0 Å². The van der Waals surface area contributed by atoms with Crippen LogP contribution in [0.15, 0.2) is 35.6 Å². The molecule has 0 unspecified atom stereocenters. The number of hydrogen-bond acceptors (Lipinski definition) is 6. The number of thioether (sulfide) groups is 1. The van der Waals surface area contributed by atoms with Gasteiger partial charge in [-0.15, -0.1) is 0 Å². The molecule has 0 bridgehead atoms. The van der Waals surface area contributed by atoms with Crippen molar-refractivity contribution in [2.75, 3.05) is 18.4 Å². The molecule has 0 saturated carbocycles. The van der Waals surface area contributed by atoms with E-state index in [4.69, 9.17) is 16.6 Å². The quantitative estimate of drug-likeness (QED) is 0.388. The van der Waals surface area contributed by atoms with E-state index >= 15 is 0 Å². The molecule has 9 heteroatoms. The maximum absolute atomic E-state index is 12.3. The van der Waals surface area contributed by atoms with Gasteiger partial charge in [0.15, 0.2) is 10.8 Å². The monoisotopic (exact) mass is 432 g/mol. The molecular weight excluding hydrogens is 408 g/mol. The molecule has 3 rings (SSSR count). The van der Waals surface area contributed by atoms with Crippen molar-refractivity contribution in [3.63, 3.8) is 0 Å². The van der Waals surface area contributed by atoms with Crippen molar-refractivity contribution in [1.82, 2.24) is 25.1 Å². The molecule has 2 N–H and O–H groups in total. The Hall–Kier alpha value is -2.32. The second kappa shape index (κ2) is 9.93.